The topological polar surface area (TPSA) is 214 Å². The molecule has 2 rings (SSSR count). The molecule has 0 aliphatic carbocycles. The van der Waals surface area contributed by atoms with Gasteiger partial charge in [-0.3, -0.25) is 4.79 Å². The molecule has 0 spiro atoms. The molecule has 2 heterocycles. The molecule has 2 saturated heterocycles. The van der Waals surface area contributed by atoms with E-state index in [0.717, 1.165) is 38.5 Å². The van der Waals surface area contributed by atoms with Crippen molar-refractivity contribution in [1.82, 2.24) is 0 Å². The quantitative estimate of drug-likeness (QED) is 0.0172. The highest BCUT2D eigenvalue weighted by atomic mass is 16.7. The zero-order valence-corrected chi connectivity index (χ0v) is 46.4. The Balaban J connectivity index is 1.67. The number of unbranched alkanes of at least 4 members (excludes halogenated alkanes) is 34. The van der Waals surface area contributed by atoms with Crippen LogP contribution in [0.15, 0.2) is 12.2 Å². The summed E-state index contributed by atoms with van der Waals surface area (Å²) in [6.07, 6.45) is 35.6. The molecule has 7 N–H and O–H groups in total. The fourth-order valence-corrected chi connectivity index (χ4v) is 9.87. The third-order valence-corrected chi connectivity index (χ3v) is 14.8. The SMILES string of the molecule is CCCCCCCCCC/C=C\CCCCCCCCCCCCCCOCC(COC1OC(COC2OC(CO)C(O)C(O)C2O)C(O)C(O)C1O)OC(=O)CCCCCCCCCCCCCCCCC. The van der Waals surface area contributed by atoms with Crippen LogP contribution in [0.25, 0.3) is 0 Å². The van der Waals surface area contributed by atoms with Gasteiger partial charge in [0.05, 0.1) is 26.4 Å². The van der Waals surface area contributed by atoms with Gasteiger partial charge in [0.1, 0.15) is 54.9 Å². The summed E-state index contributed by atoms with van der Waals surface area (Å²) in [6, 6.07) is 0. The minimum atomic E-state index is -1.70. The molecule has 0 aromatic heterocycles. The van der Waals surface area contributed by atoms with E-state index in [-0.39, 0.29) is 25.6 Å². The lowest BCUT2D eigenvalue weighted by Gasteiger charge is -2.42. The maximum absolute atomic E-state index is 13.1. The van der Waals surface area contributed by atoms with Crippen LogP contribution in [0.5, 0.6) is 0 Å². The van der Waals surface area contributed by atoms with E-state index in [4.69, 9.17) is 28.4 Å². The Bertz CT molecular complexity index is 1260. The number of hydrogen-bond acceptors (Lipinski definition) is 14. The molecule has 0 radical (unpaired) electrons. The number of hydrogen-bond donors (Lipinski definition) is 7. The molecule has 0 saturated carbocycles. The van der Waals surface area contributed by atoms with Crippen LogP contribution in [0.2, 0.25) is 0 Å². The number of carbonyl (C=O) groups is 1. The Morgan fingerprint density at radius 3 is 1.25 bits per heavy atom. The van der Waals surface area contributed by atoms with Gasteiger partial charge in [0.2, 0.25) is 0 Å². The Kier molecular flexibility index (Phi) is 43.5. The van der Waals surface area contributed by atoms with Crippen LogP contribution >= 0.6 is 0 Å². The van der Waals surface area contributed by atoms with E-state index in [2.05, 4.69) is 26.0 Å². The molecule has 0 bridgehead atoms. The largest absolute Gasteiger partial charge is 0.457 e. The molecule has 432 valence electrons. The van der Waals surface area contributed by atoms with Gasteiger partial charge in [0.25, 0.3) is 0 Å². The molecule has 2 aliphatic rings. The van der Waals surface area contributed by atoms with Crippen LogP contribution in [-0.4, -0.2) is 142 Å². The van der Waals surface area contributed by atoms with E-state index in [1.807, 2.05) is 0 Å². The zero-order valence-electron chi connectivity index (χ0n) is 46.4. The molecular formula is C59H112O14. The Morgan fingerprint density at radius 1 is 0.438 bits per heavy atom. The smallest absolute Gasteiger partial charge is 0.306 e. The summed E-state index contributed by atoms with van der Waals surface area (Å²) in [6.45, 7) is 3.75. The molecule has 14 heteroatoms. The molecular weight excluding hydrogens is 933 g/mol. The van der Waals surface area contributed by atoms with Crippen LogP contribution in [0.1, 0.15) is 258 Å². The summed E-state index contributed by atoms with van der Waals surface area (Å²) in [7, 11) is 0. The highest BCUT2D eigenvalue weighted by molar-refractivity contribution is 5.69. The summed E-state index contributed by atoms with van der Waals surface area (Å²) >= 11 is 0. The van der Waals surface area contributed by atoms with Crippen molar-refractivity contribution in [1.29, 1.82) is 0 Å². The van der Waals surface area contributed by atoms with E-state index in [9.17, 15) is 40.5 Å². The van der Waals surface area contributed by atoms with Crippen LogP contribution < -0.4 is 0 Å². The van der Waals surface area contributed by atoms with Gasteiger partial charge in [0, 0.05) is 13.0 Å². The number of carbonyl (C=O) groups excluding carboxylic acids is 1. The average Bonchev–Trinajstić information content (AvgIpc) is 3.39. The van der Waals surface area contributed by atoms with Crippen molar-refractivity contribution in [3.05, 3.63) is 12.2 Å². The van der Waals surface area contributed by atoms with Crippen molar-refractivity contribution >= 4 is 5.97 Å². The monoisotopic (exact) mass is 1040 g/mol. The fraction of sp³-hybridized carbons (Fsp3) is 0.949. The van der Waals surface area contributed by atoms with E-state index >= 15 is 0 Å². The van der Waals surface area contributed by atoms with E-state index in [1.54, 1.807) is 0 Å². The molecule has 73 heavy (non-hydrogen) atoms. The fourth-order valence-electron chi connectivity index (χ4n) is 9.87. The van der Waals surface area contributed by atoms with Crippen molar-refractivity contribution in [2.75, 3.05) is 33.0 Å². The predicted molar refractivity (Wildman–Crippen MR) is 289 cm³/mol. The second-order valence-electron chi connectivity index (χ2n) is 21.5. The Hall–Kier alpha value is -1.27. The van der Waals surface area contributed by atoms with Crippen LogP contribution in [0.3, 0.4) is 0 Å². The van der Waals surface area contributed by atoms with Crippen LogP contribution in [0.4, 0.5) is 0 Å². The average molecular weight is 1050 g/mol. The molecule has 2 fully saturated rings. The summed E-state index contributed by atoms with van der Waals surface area (Å²) < 4.78 is 34.4. The lowest BCUT2D eigenvalue weighted by atomic mass is 9.98. The van der Waals surface area contributed by atoms with Gasteiger partial charge >= 0.3 is 5.97 Å². The van der Waals surface area contributed by atoms with Gasteiger partial charge < -0.3 is 64.2 Å². The summed E-state index contributed by atoms with van der Waals surface area (Å²) in [4.78, 5) is 13.1. The van der Waals surface area contributed by atoms with Crippen molar-refractivity contribution in [3.63, 3.8) is 0 Å². The second kappa shape index (κ2) is 46.8. The van der Waals surface area contributed by atoms with Crippen LogP contribution in [-0.2, 0) is 33.2 Å². The van der Waals surface area contributed by atoms with Gasteiger partial charge in [-0.15, -0.1) is 0 Å². The van der Waals surface area contributed by atoms with E-state index in [1.165, 1.54) is 193 Å². The van der Waals surface area contributed by atoms with Crippen molar-refractivity contribution in [3.8, 4) is 0 Å². The number of aliphatic hydroxyl groups is 7. The van der Waals surface area contributed by atoms with Gasteiger partial charge in [0.15, 0.2) is 12.6 Å². The third kappa shape index (κ3) is 33.6. The molecule has 0 amide bonds. The van der Waals surface area contributed by atoms with Crippen molar-refractivity contribution in [2.24, 2.45) is 0 Å². The van der Waals surface area contributed by atoms with Crippen molar-refractivity contribution < 1.29 is 69.0 Å². The molecule has 11 atom stereocenters. The summed E-state index contributed by atoms with van der Waals surface area (Å²) in [5.41, 5.74) is 0. The molecule has 0 aromatic carbocycles. The number of aliphatic hydroxyl groups excluding tert-OH is 7. The predicted octanol–water partition coefficient (Wildman–Crippen LogP) is 11.0. The van der Waals surface area contributed by atoms with Crippen molar-refractivity contribution in [2.45, 2.75) is 325 Å². The maximum Gasteiger partial charge on any atom is 0.306 e. The van der Waals surface area contributed by atoms with Gasteiger partial charge in [-0.2, -0.15) is 0 Å². The number of allylic oxidation sites excluding steroid dienone is 2. The highest BCUT2D eigenvalue weighted by Gasteiger charge is 2.47. The standard InChI is InChI=1S/C59H112O14/c1-3-5-7-9-11-13-15-17-19-20-21-22-23-24-25-26-27-29-31-33-35-37-39-41-43-68-45-48(71-51(61)42-40-38-36-34-32-30-28-18-16-14-12-10-8-6-4-2)46-69-58-57(67)55(65)53(63)50(73-58)47-70-59-56(66)54(64)52(62)49(44-60)72-59/h20-21,48-50,52-60,62-67H,3-19,22-47H2,1-2H3/b21-20-. The lowest BCUT2D eigenvalue weighted by molar-refractivity contribution is -0.332. The molecule has 2 aliphatic heterocycles. The summed E-state index contributed by atoms with van der Waals surface area (Å²) in [5.74, 6) is -0.370. The first-order valence-electron chi connectivity index (χ1n) is 30.3. The first-order chi connectivity index (χ1) is 35.6. The Labute approximate surface area is 444 Å². The first-order valence-corrected chi connectivity index (χ1v) is 30.3. The van der Waals surface area contributed by atoms with Gasteiger partial charge in [-0.05, 0) is 38.5 Å². The summed E-state index contributed by atoms with van der Waals surface area (Å²) in [5, 5.41) is 72.3. The van der Waals surface area contributed by atoms with Crippen LogP contribution in [0, 0.1) is 0 Å². The minimum Gasteiger partial charge on any atom is -0.457 e. The molecule has 11 unspecified atom stereocenters. The van der Waals surface area contributed by atoms with E-state index in [0.29, 0.717) is 13.0 Å². The Morgan fingerprint density at radius 2 is 0.808 bits per heavy atom. The van der Waals surface area contributed by atoms with Gasteiger partial charge in [-0.1, -0.05) is 225 Å². The van der Waals surface area contributed by atoms with Gasteiger partial charge in [-0.25, -0.2) is 0 Å². The normalized spacial score (nSPS) is 24.9. The molecule has 14 nitrogen and oxygen atoms in total. The zero-order chi connectivity index (χ0) is 53.0. The molecule has 0 aromatic rings. The third-order valence-electron chi connectivity index (χ3n) is 14.8. The number of ether oxygens (including phenoxy) is 6. The second-order valence-corrected chi connectivity index (χ2v) is 21.5. The maximum atomic E-state index is 13.1. The number of esters is 1. The lowest BCUT2D eigenvalue weighted by Crippen LogP contribution is -2.61. The first kappa shape index (κ1) is 67.8. The number of rotatable bonds is 50. The minimum absolute atomic E-state index is 0.0678. The highest BCUT2D eigenvalue weighted by Crippen LogP contribution is 2.27. The van der Waals surface area contributed by atoms with E-state index < -0.39 is 80.7 Å².